The van der Waals surface area contributed by atoms with Crippen LogP contribution in [0.1, 0.15) is 51.2 Å². The molecule has 0 aliphatic rings. The van der Waals surface area contributed by atoms with Crippen molar-refractivity contribution in [3.05, 3.63) is 59.7 Å². The van der Waals surface area contributed by atoms with E-state index in [-0.39, 0.29) is 24.8 Å². The molecule has 1 unspecified atom stereocenters. The van der Waals surface area contributed by atoms with Crippen molar-refractivity contribution in [2.75, 3.05) is 30.3 Å². The highest BCUT2D eigenvalue weighted by Gasteiger charge is 2.27. The lowest BCUT2D eigenvalue weighted by Gasteiger charge is -2.29. The highest BCUT2D eigenvalue weighted by Crippen LogP contribution is 2.30. The molecule has 2 aromatic carbocycles. The second-order valence-corrected chi connectivity index (χ2v) is 10.7. The molecule has 36 heavy (non-hydrogen) atoms. The molecule has 0 saturated heterocycles. The average molecular weight is 518 g/mol. The minimum atomic E-state index is -3.61. The summed E-state index contributed by atoms with van der Waals surface area (Å²) >= 11 is 0. The van der Waals surface area contributed by atoms with Crippen LogP contribution in [0.25, 0.3) is 0 Å². The molecule has 0 saturated carbocycles. The van der Waals surface area contributed by atoms with Crippen LogP contribution in [0.4, 0.5) is 5.69 Å². The first-order chi connectivity index (χ1) is 17.1. The van der Waals surface area contributed by atoms with Gasteiger partial charge >= 0.3 is 0 Å². The Kier molecular flexibility index (Phi) is 11.2. The number of hydrogen-bond acceptors (Lipinski definition) is 5. The Hall–Kier alpha value is -3.07. The van der Waals surface area contributed by atoms with Crippen molar-refractivity contribution in [1.29, 1.82) is 0 Å². The summed E-state index contributed by atoms with van der Waals surface area (Å²) in [6.45, 7) is 8.87. The minimum absolute atomic E-state index is 0.0973. The minimum Gasteiger partial charge on any atom is -0.492 e. The Balaban J connectivity index is 2.18. The summed E-state index contributed by atoms with van der Waals surface area (Å²) in [5.41, 5.74) is 2.48. The van der Waals surface area contributed by atoms with Gasteiger partial charge in [-0.15, -0.1) is 0 Å². The SMILES string of the molecule is CCCNC(=O)C(C)N(Cc1ccc(C)cc1)C(=O)CCCN(c1ccccc1OCC)S(C)(=O)=O. The third kappa shape index (κ3) is 8.55. The number of rotatable bonds is 14. The fourth-order valence-corrected chi connectivity index (χ4v) is 4.76. The van der Waals surface area contributed by atoms with Gasteiger partial charge in [-0.05, 0) is 51.3 Å². The number of aryl methyl sites for hydroxylation is 1. The van der Waals surface area contributed by atoms with Crippen molar-refractivity contribution in [3.63, 3.8) is 0 Å². The van der Waals surface area contributed by atoms with E-state index in [0.717, 1.165) is 23.8 Å². The largest absolute Gasteiger partial charge is 0.492 e. The lowest BCUT2D eigenvalue weighted by atomic mass is 10.1. The van der Waals surface area contributed by atoms with Gasteiger partial charge in [0, 0.05) is 26.1 Å². The van der Waals surface area contributed by atoms with Crippen LogP contribution in [0, 0.1) is 6.92 Å². The molecule has 198 valence electrons. The van der Waals surface area contributed by atoms with E-state index in [1.165, 1.54) is 4.31 Å². The van der Waals surface area contributed by atoms with Crippen LogP contribution in [0.2, 0.25) is 0 Å². The van der Waals surface area contributed by atoms with Gasteiger partial charge in [0.1, 0.15) is 11.8 Å². The highest BCUT2D eigenvalue weighted by molar-refractivity contribution is 7.92. The first-order valence-electron chi connectivity index (χ1n) is 12.4. The maximum absolute atomic E-state index is 13.3. The second kappa shape index (κ2) is 13.9. The molecule has 0 spiro atoms. The molecule has 8 nitrogen and oxygen atoms in total. The standard InChI is InChI=1S/C27H39N3O5S/c1-6-18-28-27(32)22(4)29(20-23-16-14-21(3)15-17-23)26(31)13-10-19-30(36(5,33)34)24-11-8-9-12-25(24)35-7-2/h8-9,11-12,14-17,22H,6-7,10,13,18-20H2,1-5H3,(H,28,32). The molecule has 0 aliphatic carbocycles. The van der Waals surface area contributed by atoms with E-state index in [1.807, 2.05) is 45.0 Å². The van der Waals surface area contributed by atoms with Gasteiger partial charge in [-0.2, -0.15) is 0 Å². The van der Waals surface area contributed by atoms with Crippen LogP contribution in [0.3, 0.4) is 0 Å². The maximum Gasteiger partial charge on any atom is 0.242 e. The molecule has 0 radical (unpaired) electrons. The number of benzene rings is 2. The molecule has 2 amide bonds. The predicted molar refractivity (Wildman–Crippen MR) is 144 cm³/mol. The molecule has 0 aliphatic heterocycles. The number of sulfonamides is 1. The molecule has 2 aromatic rings. The topological polar surface area (TPSA) is 96.0 Å². The summed E-state index contributed by atoms with van der Waals surface area (Å²) in [6, 6.07) is 14.1. The number of carbonyl (C=O) groups excluding carboxylic acids is 2. The van der Waals surface area contributed by atoms with Gasteiger partial charge in [0.15, 0.2) is 0 Å². The Morgan fingerprint density at radius 1 is 1.06 bits per heavy atom. The smallest absolute Gasteiger partial charge is 0.242 e. The average Bonchev–Trinajstić information content (AvgIpc) is 2.84. The molecular weight excluding hydrogens is 478 g/mol. The van der Waals surface area contributed by atoms with Crippen LogP contribution in [0.5, 0.6) is 5.75 Å². The zero-order valence-electron chi connectivity index (χ0n) is 22.0. The van der Waals surface area contributed by atoms with Gasteiger partial charge in [0.2, 0.25) is 21.8 Å². The van der Waals surface area contributed by atoms with Crippen LogP contribution in [-0.2, 0) is 26.2 Å². The van der Waals surface area contributed by atoms with Gasteiger partial charge in [0.25, 0.3) is 0 Å². The molecule has 9 heteroatoms. The Morgan fingerprint density at radius 2 is 1.72 bits per heavy atom. The number of nitrogens with one attached hydrogen (secondary N) is 1. The molecule has 1 atom stereocenters. The summed E-state index contributed by atoms with van der Waals surface area (Å²) in [6.07, 6.45) is 2.33. The fourth-order valence-electron chi connectivity index (χ4n) is 3.79. The van der Waals surface area contributed by atoms with Gasteiger partial charge < -0.3 is 15.0 Å². The lowest BCUT2D eigenvalue weighted by Crippen LogP contribution is -2.47. The lowest BCUT2D eigenvalue weighted by molar-refractivity contribution is -0.140. The Morgan fingerprint density at radius 3 is 2.33 bits per heavy atom. The predicted octanol–water partition coefficient (Wildman–Crippen LogP) is 3.88. The van der Waals surface area contributed by atoms with Crippen LogP contribution >= 0.6 is 0 Å². The number of ether oxygens (including phenoxy) is 1. The molecule has 1 N–H and O–H groups in total. The molecule has 0 fully saturated rings. The number of anilines is 1. The van der Waals surface area contributed by atoms with Crippen LogP contribution in [-0.4, -0.2) is 57.1 Å². The number of nitrogens with zero attached hydrogens (tertiary/aromatic N) is 2. The summed E-state index contributed by atoms with van der Waals surface area (Å²) < 4.78 is 32.1. The molecule has 0 heterocycles. The zero-order chi connectivity index (χ0) is 26.7. The molecular formula is C27H39N3O5S. The van der Waals surface area contributed by atoms with Gasteiger partial charge in [-0.25, -0.2) is 8.42 Å². The quantitative estimate of drug-likeness (QED) is 0.410. The van der Waals surface area contributed by atoms with Gasteiger partial charge in [-0.3, -0.25) is 13.9 Å². The number of carbonyl (C=O) groups is 2. The van der Waals surface area contributed by atoms with Gasteiger partial charge in [-0.1, -0.05) is 48.9 Å². The Bertz CT molecular complexity index is 1100. The monoisotopic (exact) mass is 517 g/mol. The van der Waals surface area contributed by atoms with E-state index in [4.69, 9.17) is 4.74 Å². The maximum atomic E-state index is 13.3. The normalized spacial score (nSPS) is 12.0. The summed E-state index contributed by atoms with van der Waals surface area (Å²) in [4.78, 5) is 27.6. The van der Waals surface area contributed by atoms with E-state index in [1.54, 1.807) is 36.1 Å². The van der Waals surface area contributed by atoms with Crippen molar-refractivity contribution < 1.29 is 22.7 Å². The van der Waals surface area contributed by atoms with E-state index < -0.39 is 16.1 Å². The fraction of sp³-hybridized carbons (Fsp3) is 0.481. The number of hydrogen-bond donors (Lipinski definition) is 1. The first kappa shape index (κ1) is 29.2. The van der Waals surface area contributed by atoms with E-state index in [0.29, 0.717) is 37.6 Å². The van der Waals surface area contributed by atoms with Crippen molar-refractivity contribution >= 4 is 27.5 Å². The number of para-hydroxylation sites is 2. The second-order valence-electron chi connectivity index (χ2n) is 8.81. The van der Waals surface area contributed by atoms with E-state index in [2.05, 4.69) is 5.32 Å². The van der Waals surface area contributed by atoms with Crippen molar-refractivity contribution in [2.24, 2.45) is 0 Å². The third-order valence-corrected chi connectivity index (χ3v) is 6.96. The third-order valence-electron chi connectivity index (χ3n) is 5.78. The van der Waals surface area contributed by atoms with Crippen molar-refractivity contribution in [3.8, 4) is 5.75 Å². The number of amides is 2. The van der Waals surface area contributed by atoms with E-state index >= 15 is 0 Å². The summed E-state index contributed by atoms with van der Waals surface area (Å²) in [5, 5.41) is 2.86. The summed E-state index contributed by atoms with van der Waals surface area (Å²) in [7, 11) is -3.61. The Labute approximate surface area is 215 Å². The molecule has 0 bridgehead atoms. The van der Waals surface area contributed by atoms with Crippen LogP contribution in [0.15, 0.2) is 48.5 Å². The van der Waals surface area contributed by atoms with Gasteiger partial charge in [0.05, 0.1) is 18.6 Å². The van der Waals surface area contributed by atoms with Crippen molar-refractivity contribution in [1.82, 2.24) is 10.2 Å². The summed E-state index contributed by atoms with van der Waals surface area (Å²) in [5.74, 6) is 0.0564. The molecule has 0 aromatic heterocycles. The van der Waals surface area contributed by atoms with E-state index in [9.17, 15) is 18.0 Å². The van der Waals surface area contributed by atoms with Crippen LogP contribution < -0.4 is 14.4 Å². The zero-order valence-corrected chi connectivity index (χ0v) is 22.8. The first-order valence-corrected chi connectivity index (χ1v) is 14.3. The van der Waals surface area contributed by atoms with Crippen molar-refractivity contribution in [2.45, 2.75) is 59.5 Å². The highest BCUT2D eigenvalue weighted by atomic mass is 32.2. The molecule has 2 rings (SSSR count).